The third-order valence-electron chi connectivity index (χ3n) is 5.18. The number of benzene rings is 1. The molecular weight excluding hydrogens is 307 g/mol. The lowest BCUT2D eigenvalue weighted by molar-refractivity contribution is 0.192. The van der Waals surface area contributed by atoms with Gasteiger partial charge < -0.3 is 20.0 Å². The molecule has 2 aliphatic heterocycles. The first-order chi connectivity index (χ1) is 11.6. The fraction of sp³-hybridized carbons (Fsp3) is 0.611. The van der Waals surface area contributed by atoms with Crippen LogP contribution >= 0.6 is 0 Å². The minimum atomic E-state index is -0.218. The van der Waals surface area contributed by atoms with E-state index in [4.69, 9.17) is 0 Å². The second kappa shape index (κ2) is 7.83. The molecule has 2 fully saturated rings. The highest BCUT2D eigenvalue weighted by atomic mass is 19.1. The minimum absolute atomic E-state index is 0.0365. The Kier molecular flexibility index (Phi) is 5.56. The lowest BCUT2D eigenvalue weighted by Crippen LogP contribution is -2.52. The summed E-state index contributed by atoms with van der Waals surface area (Å²) in [6, 6.07) is 7.20. The summed E-state index contributed by atoms with van der Waals surface area (Å²) in [6.07, 6.45) is 3.53. The van der Waals surface area contributed by atoms with Crippen molar-refractivity contribution in [1.29, 1.82) is 0 Å². The van der Waals surface area contributed by atoms with E-state index < -0.39 is 0 Å². The van der Waals surface area contributed by atoms with Crippen LogP contribution in [0.5, 0.6) is 0 Å². The van der Waals surface area contributed by atoms with Crippen molar-refractivity contribution in [3.63, 3.8) is 0 Å². The van der Waals surface area contributed by atoms with Crippen LogP contribution in [-0.4, -0.2) is 68.2 Å². The van der Waals surface area contributed by atoms with Gasteiger partial charge in [0.1, 0.15) is 5.82 Å². The van der Waals surface area contributed by atoms with Gasteiger partial charge in [-0.25, -0.2) is 9.18 Å². The maximum absolute atomic E-state index is 13.0. The molecule has 2 heterocycles. The summed E-state index contributed by atoms with van der Waals surface area (Å²) in [5, 5.41) is 3.05. The van der Waals surface area contributed by atoms with E-state index >= 15 is 0 Å². The molecule has 0 spiro atoms. The topological polar surface area (TPSA) is 38.8 Å². The van der Waals surface area contributed by atoms with Gasteiger partial charge in [-0.1, -0.05) is 0 Å². The van der Waals surface area contributed by atoms with E-state index in [1.165, 1.54) is 31.5 Å². The molecule has 1 N–H and O–H groups in total. The highest BCUT2D eigenvalue weighted by Crippen LogP contribution is 2.18. The number of nitrogens with one attached hydrogen (secondary N) is 1. The Morgan fingerprint density at radius 2 is 1.88 bits per heavy atom. The second-order valence-corrected chi connectivity index (χ2v) is 6.75. The van der Waals surface area contributed by atoms with Crippen molar-refractivity contribution >= 4 is 11.7 Å². The van der Waals surface area contributed by atoms with Crippen molar-refractivity contribution in [2.45, 2.75) is 25.3 Å². The number of hydrogen-bond acceptors (Lipinski definition) is 3. The largest absolute Gasteiger partial charge is 0.368 e. The van der Waals surface area contributed by atoms with Crippen molar-refractivity contribution in [1.82, 2.24) is 15.1 Å². The number of urea groups is 1. The monoisotopic (exact) mass is 334 g/mol. The van der Waals surface area contributed by atoms with Gasteiger partial charge >= 0.3 is 6.03 Å². The lowest BCUT2D eigenvalue weighted by Gasteiger charge is -2.36. The van der Waals surface area contributed by atoms with E-state index in [9.17, 15) is 9.18 Å². The second-order valence-electron chi connectivity index (χ2n) is 6.75. The van der Waals surface area contributed by atoms with Gasteiger partial charge in [-0.15, -0.1) is 0 Å². The van der Waals surface area contributed by atoms with E-state index in [0.717, 1.165) is 31.7 Å². The Morgan fingerprint density at radius 1 is 1.17 bits per heavy atom. The summed E-state index contributed by atoms with van der Waals surface area (Å²) in [5.74, 6) is -0.218. The summed E-state index contributed by atoms with van der Waals surface area (Å²) in [7, 11) is 2.16. The fourth-order valence-electron chi connectivity index (χ4n) is 3.62. The van der Waals surface area contributed by atoms with Crippen LogP contribution in [0.25, 0.3) is 0 Å². The molecule has 1 aromatic rings. The zero-order valence-electron chi connectivity index (χ0n) is 14.4. The number of likely N-dealkylation sites (tertiary alicyclic amines) is 1. The van der Waals surface area contributed by atoms with Crippen LogP contribution in [0.1, 0.15) is 19.3 Å². The first kappa shape index (κ1) is 17.0. The molecule has 1 aromatic carbocycles. The minimum Gasteiger partial charge on any atom is -0.368 e. The highest BCUT2D eigenvalue weighted by molar-refractivity contribution is 5.74. The molecule has 5 nitrogen and oxygen atoms in total. The Hall–Kier alpha value is -1.82. The van der Waals surface area contributed by atoms with Crippen LogP contribution in [0, 0.1) is 5.82 Å². The zero-order chi connectivity index (χ0) is 16.9. The number of rotatable bonds is 4. The van der Waals surface area contributed by atoms with Crippen molar-refractivity contribution in [3.05, 3.63) is 30.1 Å². The number of nitrogens with zero attached hydrogens (tertiary/aromatic N) is 3. The fourth-order valence-corrected chi connectivity index (χ4v) is 3.62. The zero-order valence-corrected chi connectivity index (χ0v) is 14.4. The molecule has 0 radical (unpaired) electrons. The first-order valence-electron chi connectivity index (χ1n) is 8.87. The Bertz CT molecular complexity index is 542. The smallest absolute Gasteiger partial charge is 0.317 e. The molecule has 3 rings (SSSR count). The van der Waals surface area contributed by atoms with Crippen LogP contribution < -0.4 is 10.2 Å². The molecule has 132 valence electrons. The van der Waals surface area contributed by atoms with Crippen LogP contribution in [0.4, 0.5) is 14.9 Å². The molecular formula is C18H27FN4O. The number of carbonyl (C=O) groups excluding carboxylic acids is 1. The predicted octanol–water partition coefficient (Wildman–Crippen LogP) is 2.14. The Labute approximate surface area is 143 Å². The van der Waals surface area contributed by atoms with E-state index in [2.05, 4.69) is 22.2 Å². The quantitative estimate of drug-likeness (QED) is 0.917. The van der Waals surface area contributed by atoms with Gasteiger partial charge in [-0.2, -0.15) is 0 Å². The van der Waals surface area contributed by atoms with Crippen molar-refractivity contribution < 1.29 is 9.18 Å². The molecule has 0 unspecified atom stereocenters. The van der Waals surface area contributed by atoms with Crippen molar-refractivity contribution in [3.8, 4) is 0 Å². The highest BCUT2D eigenvalue weighted by Gasteiger charge is 2.23. The van der Waals surface area contributed by atoms with Gasteiger partial charge in [0.05, 0.1) is 0 Å². The van der Waals surface area contributed by atoms with Crippen molar-refractivity contribution in [2.75, 3.05) is 51.2 Å². The normalized spacial score (nSPS) is 22.0. The first-order valence-corrected chi connectivity index (χ1v) is 8.87. The summed E-state index contributed by atoms with van der Waals surface area (Å²) >= 11 is 0. The van der Waals surface area contributed by atoms with Gasteiger partial charge in [0.2, 0.25) is 0 Å². The molecule has 1 atom stereocenters. The third kappa shape index (κ3) is 4.17. The van der Waals surface area contributed by atoms with E-state index in [0.29, 0.717) is 19.1 Å². The van der Waals surface area contributed by atoms with Crippen LogP contribution in [-0.2, 0) is 0 Å². The number of hydrogen-bond donors (Lipinski definition) is 1. The third-order valence-corrected chi connectivity index (χ3v) is 5.18. The maximum atomic E-state index is 13.0. The number of piperazine rings is 1. The van der Waals surface area contributed by atoms with E-state index in [-0.39, 0.29) is 11.8 Å². The van der Waals surface area contributed by atoms with Crippen molar-refractivity contribution in [2.24, 2.45) is 0 Å². The van der Waals surface area contributed by atoms with E-state index in [1.807, 2.05) is 4.90 Å². The molecule has 0 aliphatic carbocycles. The molecule has 2 saturated heterocycles. The summed E-state index contributed by atoms with van der Waals surface area (Å²) in [5.41, 5.74) is 1.01. The number of carbonyl (C=O) groups is 1. The number of anilines is 1. The molecule has 0 saturated carbocycles. The molecule has 2 amide bonds. The summed E-state index contributed by atoms with van der Waals surface area (Å²) in [4.78, 5) is 18.7. The average molecular weight is 334 g/mol. The molecule has 0 bridgehead atoms. The van der Waals surface area contributed by atoms with Gasteiger partial charge in [0.15, 0.2) is 0 Å². The van der Waals surface area contributed by atoms with Crippen LogP contribution in [0.2, 0.25) is 0 Å². The van der Waals surface area contributed by atoms with Gasteiger partial charge in [0.25, 0.3) is 0 Å². The summed E-state index contributed by atoms with van der Waals surface area (Å²) in [6.45, 7) is 4.88. The molecule has 2 aliphatic rings. The molecule has 24 heavy (non-hydrogen) atoms. The number of halogens is 1. The summed E-state index contributed by atoms with van der Waals surface area (Å²) < 4.78 is 13.0. The SMILES string of the molecule is CN1CCC[C@@H]1CCNC(=O)N1CCN(c2ccc(F)cc2)CC1. The van der Waals surface area contributed by atoms with Crippen LogP contribution in [0.3, 0.4) is 0 Å². The standard InChI is InChI=1S/C18H27FN4O/c1-21-10-2-3-16(21)8-9-20-18(24)23-13-11-22(12-14-23)17-6-4-15(19)5-7-17/h4-7,16H,2-3,8-14H2,1H3,(H,20,24)/t16-/m1/s1. The lowest BCUT2D eigenvalue weighted by atomic mass is 10.1. The van der Waals surface area contributed by atoms with Gasteiger partial charge in [-0.3, -0.25) is 0 Å². The Morgan fingerprint density at radius 3 is 2.50 bits per heavy atom. The average Bonchev–Trinajstić information content (AvgIpc) is 3.01. The Balaban J connectivity index is 1.39. The van der Waals surface area contributed by atoms with E-state index in [1.54, 1.807) is 12.1 Å². The molecule has 0 aromatic heterocycles. The van der Waals surface area contributed by atoms with Gasteiger partial charge in [0, 0.05) is 44.5 Å². The van der Waals surface area contributed by atoms with Crippen LogP contribution in [0.15, 0.2) is 24.3 Å². The number of amides is 2. The molecule has 6 heteroatoms. The predicted molar refractivity (Wildman–Crippen MR) is 93.9 cm³/mol. The maximum Gasteiger partial charge on any atom is 0.317 e. The van der Waals surface area contributed by atoms with Gasteiger partial charge in [-0.05, 0) is 57.1 Å².